The summed E-state index contributed by atoms with van der Waals surface area (Å²) in [6, 6.07) is 5.39. The summed E-state index contributed by atoms with van der Waals surface area (Å²) in [5.74, 6) is 0. The second-order valence-electron chi connectivity index (χ2n) is 2.06. The average molecular weight is 153 g/mol. The third-order valence-corrected chi connectivity index (χ3v) is 1.71. The van der Waals surface area contributed by atoms with E-state index in [1.165, 1.54) is 0 Å². The SMILES string of the molecule is C#[N+]c1ccc(Cl)c(C)c1. The third-order valence-electron chi connectivity index (χ3n) is 1.29. The van der Waals surface area contributed by atoms with Gasteiger partial charge in [0, 0.05) is 17.2 Å². The molecule has 1 nitrogen and oxygen atoms in total. The molecule has 50 valence electrons. The van der Waals surface area contributed by atoms with Gasteiger partial charge >= 0.3 is 5.69 Å². The highest BCUT2D eigenvalue weighted by Gasteiger charge is 2.01. The molecule has 0 N–H and O–H groups in total. The van der Waals surface area contributed by atoms with E-state index in [9.17, 15) is 0 Å². The molecule has 2 heteroatoms. The van der Waals surface area contributed by atoms with Crippen LogP contribution in [0.15, 0.2) is 18.2 Å². The van der Waals surface area contributed by atoms with E-state index in [-0.39, 0.29) is 0 Å². The van der Waals surface area contributed by atoms with Crippen molar-refractivity contribution in [2.75, 3.05) is 0 Å². The maximum Gasteiger partial charge on any atom is 0.340 e. The van der Waals surface area contributed by atoms with Gasteiger partial charge in [-0.1, -0.05) is 11.6 Å². The molecule has 0 radical (unpaired) electrons. The predicted octanol–water partition coefficient (Wildman–Crippen LogP) is 3.24. The van der Waals surface area contributed by atoms with Crippen LogP contribution in [0.1, 0.15) is 5.56 Å². The van der Waals surface area contributed by atoms with Gasteiger partial charge in [-0.3, -0.25) is 0 Å². The molecule has 0 aliphatic heterocycles. The Kier molecular flexibility index (Phi) is 1.94. The van der Waals surface area contributed by atoms with Crippen molar-refractivity contribution in [2.45, 2.75) is 6.92 Å². The van der Waals surface area contributed by atoms with Crippen LogP contribution in [0.2, 0.25) is 5.02 Å². The Labute approximate surface area is 65.1 Å². The lowest BCUT2D eigenvalue weighted by atomic mass is 10.2. The van der Waals surface area contributed by atoms with E-state index in [0.717, 1.165) is 16.3 Å². The van der Waals surface area contributed by atoms with Gasteiger partial charge in [0.05, 0.1) is 0 Å². The maximum atomic E-state index is 5.76. The summed E-state index contributed by atoms with van der Waals surface area (Å²) >= 11 is 5.76. The molecule has 0 atom stereocenters. The highest BCUT2D eigenvalue weighted by Crippen LogP contribution is 2.20. The zero-order valence-corrected chi connectivity index (χ0v) is 6.39. The zero-order chi connectivity index (χ0) is 7.56. The Morgan fingerprint density at radius 3 is 2.70 bits per heavy atom. The first kappa shape index (κ1) is 7.11. The average Bonchev–Trinajstić information content (AvgIpc) is 1.95. The third kappa shape index (κ3) is 1.29. The van der Waals surface area contributed by atoms with Crippen LogP contribution in [0.3, 0.4) is 0 Å². The first-order valence-electron chi connectivity index (χ1n) is 2.91. The molecule has 1 aromatic carbocycles. The van der Waals surface area contributed by atoms with Gasteiger partial charge in [-0.05, 0) is 23.4 Å². The molecule has 0 saturated carbocycles. The lowest BCUT2D eigenvalue weighted by molar-refractivity contribution is 1.48. The van der Waals surface area contributed by atoms with Crippen LogP contribution in [0.4, 0.5) is 5.69 Å². The van der Waals surface area contributed by atoms with Crippen molar-refractivity contribution in [2.24, 2.45) is 0 Å². The minimum atomic E-state index is 0.743. The van der Waals surface area contributed by atoms with Crippen molar-refractivity contribution in [1.82, 2.24) is 0 Å². The fourth-order valence-corrected chi connectivity index (χ4v) is 0.827. The van der Waals surface area contributed by atoms with Gasteiger partial charge in [-0.25, -0.2) is 0 Å². The number of hydrogen-bond donors (Lipinski definition) is 0. The molecule has 0 aliphatic rings. The smallest absolute Gasteiger partial charge is 0.0840 e. The van der Waals surface area contributed by atoms with Crippen molar-refractivity contribution in [3.63, 3.8) is 0 Å². The van der Waals surface area contributed by atoms with E-state index < -0.39 is 0 Å². The number of aryl methyl sites for hydroxylation is 1. The monoisotopic (exact) mass is 152 g/mol. The maximum absolute atomic E-state index is 5.76. The zero-order valence-electron chi connectivity index (χ0n) is 5.63. The van der Waals surface area contributed by atoms with Crippen LogP contribution in [0.5, 0.6) is 0 Å². The Morgan fingerprint density at radius 1 is 1.50 bits per heavy atom. The molecule has 0 amide bonds. The Hall–Kier alpha value is -1.00. The minimum Gasteiger partial charge on any atom is -0.0840 e. The molecule has 1 aromatic rings. The van der Waals surface area contributed by atoms with Crippen LogP contribution in [-0.2, 0) is 0 Å². The normalized spacial score (nSPS) is 8.90. The van der Waals surface area contributed by atoms with Crippen molar-refractivity contribution in [3.05, 3.63) is 33.6 Å². The van der Waals surface area contributed by atoms with Crippen LogP contribution >= 0.6 is 11.6 Å². The fraction of sp³-hybridized carbons (Fsp3) is 0.125. The van der Waals surface area contributed by atoms with Crippen molar-refractivity contribution >= 4 is 17.3 Å². The van der Waals surface area contributed by atoms with Crippen LogP contribution in [0.25, 0.3) is 4.85 Å². The van der Waals surface area contributed by atoms with Gasteiger partial charge in [-0.15, -0.1) is 0 Å². The highest BCUT2D eigenvalue weighted by atomic mass is 35.5. The van der Waals surface area contributed by atoms with E-state index in [1.54, 1.807) is 12.1 Å². The molecule has 0 saturated heterocycles. The van der Waals surface area contributed by atoms with E-state index in [4.69, 9.17) is 18.2 Å². The minimum absolute atomic E-state index is 0.743. The molecule has 1 rings (SSSR count). The van der Waals surface area contributed by atoms with E-state index in [0.29, 0.717) is 0 Å². The van der Waals surface area contributed by atoms with Crippen molar-refractivity contribution in [1.29, 1.82) is 0 Å². The van der Waals surface area contributed by atoms with E-state index in [2.05, 4.69) is 4.85 Å². The van der Waals surface area contributed by atoms with Crippen LogP contribution < -0.4 is 0 Å². The summed E-state index contributed by atoms with van der Waals surface area (Å²) in [6.45, 7) is 6.96. The molecule has 0 bridgehead atoms. The van der Waals surface area contributed by atoms with Crippen molar-refractivity contribution in [3.8, 4) is 6.57 Å². The van der Waals surface area contributed by atoms with Gasteiger partial charge < -0.3 is 0 Å². The quantitative estimate of drug-likeness (QED) is 0.538. The van der Waals surface area contributed by atoms with Gasteiger partial charge in [0.25, 0.3) is 6.57 Å². The topological polar surface area (TPSA) is 4.36 Å². The molecule has 0 fully saturated rings. The van der Waals surface area contributed by atoms with E-state index >= 15 is 0 Å². The molecular formula is C8H7ClN+. The molecular weight excluding hydrogens is 146 g/mol. The summed E-state index contributed by atoms with van der Waals surface area (Å²) in [7, 11) is 0. The number of benzene rings is 1. The summed E-state index contributed by atoms with van der Waals surface area (Å²) in [4.78, 5) is 3.51. The molecule has 0 aromatic heterocycles. The summed E-state index contributed by atoms with van der Waals surface area (Å²) in [5, 5.41) is 0.743. The lowest BCUT2D eigenvalue weighted by Gasteiger charge is -1.90. The number of halogens is 1. The highest BCUT2D eigenvalue weighted by molar-refractivity contribution is 6.31. The second kappa shape index (κ2) is 2.72. The molecule has 0 spiro atoms. The number of rotatable bonds is 0. The first-order chi connectivity index (χ1) is 4.74. The molecule has 10 heavy (non-hydrogen) atoms. The standard InChI is InChI=1S/C8H7ClN/c1-6-5-7(10-2)3-4-8(6)9/h2-5H,1H3/q+1. The van der Waals surface area contributed by atoms with Gasteiger partial charge in [0.1, 0.15) is 0 Å². The van der Waals surface area contributed by atoms with Gasteiger partial charge in [0.2, 0.25) is 0 Å². The predicted molar refractivity (Wildman–Crippen MR) is 44.2 cm³/mol. The number of nitrogens with zero attached hydrogens (tertiary/aromatic N) is 1. The molecule has 0 aliphatic carbocycles. The fourth-order valence-electron chi connectivity index (χ4n) is 0.709. The van der Waals surface area contributed by atoms with Gasteiger partial charge in [-0.2, -0.15) is 0 Å². The van der Waals surface area contributed by atoms with Crippen LogP contribution in [-0.4, -0.2) is 0 Å². The Bertz CT molecular complexity index is 286. The second-order valence-corrected chi connectivity index (χ2v) is 2.47. The Morgan fingerprint density at radius 2 is 2.20 bits per heavy atom. The van der Waals surface area contributed by atoms with Crippen molar-refractivity contribution < 1.29 is 0 Å². The lowest BCUT2D eigenvalue weighted by Crippen LogP contribution is -1.71. The van der Waals surface area contributed by atoms with Crippen LogP contribution in [0, 0.1) is 13.5 Å². The van der Waals surface area contributed by atoms with E-state index in [1.807, 2.05) is 13.0 Å². The summed E-state index contributed by atoms with van der Waals surface area (Å²) in [5.41, 5.74) is 1.75. The number of hydrogen-bond acceptors (Lipinski definition) is 0. The first-order valence-corrected chi connectivity index (χ1v) is 3.29. The summed E-state index contributed by atoms with van der Waals surface area (Å²) < 4.78 is 0. The summed E-state index contributed by atoms with van der Waals surface area (Å²) in [6.07, 6.45) is 0. The molecule has 0 heterocycles. The largest absolute Gasteiger partial charge is 0.340 e. The Balaban J connectivity index is 3.20. The molecule has 0 unspecified atom stereocenters. The van der Waals surface area contributed by atoms with Gasteiger partial charge in [0.15, 0.2) is 0 Å².